The molecule has 0 radical (unpaired) electrons. The van der Waals surface area contributed by atoms with Crippen molar-refractivity contribution in [3.05, 3.63) is 35.3 Å². The van der Waals surface area contributed by atoms with Crippen molar-refractivity contribution in [1.82, 2.24) is 15.0 Å². The van der Waals surface area contributed by atoms with Crippen molar-refractivity contribution in [3.8, 4) is 0 Å². The highest BCUT2D eigenvalue weighted by Gasteiger charge is 1.95. The first-order chi connectivity index (χ1) is 6.95. The van der Waals surface area contributed by atoms with Crippen LogP contribution in [0.1, 0.15) is 5.01 Å². The fraction of sp³-hybridized carbons (Fsp3) is 0.222. The first-order valence-electron chi connectivity index (χ1n) is 4.32. The van der Waals surface area contributed by atoms with Gasteiger partial charge in [-0.3, -0.25) is 0 Å². The molecule has 5 heteroatoms. The monoisotopic (exact) mass is 206 g/mol. The molecule has 0 fully saturated rings. The SMILES string of the molecule is c1ncc(NCCc2nccs2)cn1. The molecular formula is C9H10N4S. The molecule has 2 heterocycles. The first kappa shape index (κ1) is 9.08. The zero-order valence-corrected chi connectivity index (χ0v) is 8.37. The second-order valence-corrected chi connectivity index (χ2v) is 3.71. The zero-order chi connectivity index (χ0) is 9.64. The van der Waals surface area contributed by atoms with Gasteiger partial charge in [0.1, 0.15) is 6.33 Å². The van der Waals surface area contributed by atoms with Crippen molar-refractivity contribution < 1.29 is 0 Å². The Morgan fingerprint density at radius 3 is 2.86 bits per heavy atom. The third-order valence-electron chi connectivity index (χ3n) is 1.71. The summed E-state index contributed by atoms with van der Waals surface area (Å²) >= 11 is 1.68. The maximum Gasteiger partial charge on any atom is 0.115 e. The van der Waals surface area contributed by atoms with Gasteiger partial charge in [0.05, 0.1) is 23.1 Å². The lowest BCUT2D eigenvalue weighted by Crippen LogP contribution is -2.04. The number of thiazole rings is 1. The van der Waals surface area contributed by atoms with Crippen LogP contribution in [-0.2, 0) is 6.42 Å². The van der Waals surface area contributed by atoms with Crippen LogP contribution in [0.15, 0.2) is 30.3 Å². The Hall–Kier alpha value is -1.49. The molecule has 0 saturated carbocycles. The Morgan fingerprint density at radius 2 is 2.14 bits per heavy atom. The van der Waals surface area contributed by atoms with E-state index in [0.29, 0.717) is 0 Å². The fourth-order valence-electron chi connectivity index (χ4n) is 1.08. The number of rotatable bonds is 4. The molecular weight excluding hydrogens is 196 g/mol. The molecule has 0 spiro atoms. The Bertz CT molecular complexity index is 360. The van der Waals surface area contributed by atoms with E-state index in [4.69, 9.17) is 0 Å². The van der Waals surface area contributed by atoms with E-state index < -0.39 is 0 Å². The highest BCUT2D eigenvalue weighted by atomic mass is 32.1. The minimum atomic E-state index is 0.862. The fourth-order valence-corrected chi connectivity index (χ4v) is 1.70. The van der Waals surface area contributed by atoms with Crippen LogP contribution in [0, 0.1) is 0 Å². The topological polar surface area (TPSA) is 50.7 Å². The molecule has 0 aliphatic rings. The molecule has 2 rings (SSSR count). The molecule has 4 nitrogen and oxygen atoms in total. The van der Waals surface area contributed by atoms with Crippen LogP contribution in [0.4, 0.5) is 5.69 Å². The van der Waals surface area contributed by atoms with Gasteiger partial charge in [0.2, 0.25) is 0 Å². The number of nitrogens with zero attached hydrogens (tertiary/aromatic N) is 3. The second-order valence-electron chi connectivity index (χ2n) is 2.73. The summed E-state index contributed by atoms with van der Waals surface area (Å²) in [5.41, 5.74) is 0.948. The average molecular weight is 206 g/mol. The maximum atomic E-state index is 4.19. The summed E-state index contributed by atoms with van der Waals surface area (Å²) in [4.78, 5) is 12.0. The van der Waals surface area contributed by atoms with Crippen molar-refractivity contribution in [2.45, 2.75) is 6.42 Å². The molecule has 0 bridgehead atoms. The van der Waals surface area contributed by atoms with Gasteiger partial charge in [-0.2, -0.15) is 0 Å². The minimum Gasteiger partial charge on any atom is -0.382 e. The molecule has 72 valence electrons. The van der Waals surface area contributed by atoms with Crippen molar-refractivity contribution in [2.24, 2.45) is 0 Å². The van der Waals surface area contributed by atoms with Gasteiger partial charge >= 0.3 is 0 Å². The number of nitrogens with one attached hydrogen (secondary N) is 1. The molecule has 2 aromatic heterocycles. The van der Waals surface area contributed by atoms with Crippen LogP contribution < -0.4 is 5.32 Å². The molecule has 2 aromatic rings. The van der Waals surface area contributed by atoms with Gasteiger partial charge in [-0.25, -0.2) is 15.0 Å². The molecule has 0 atom stereocenters. The maximum absolute atomic E-state index is 4.19. The molecule has 0 saturated heterocycles. The molecule has 0 unspecified atom stereocenters. The number of hydrogen-bond acceptors (Lipinski definition) is 5. The van der Waals surface area contributed by atoms with E-state index in [1.165, 1.54) is 6.33 Å². The van der Waals surface area contributed by atoms with Gasteiger partial charge in [0, 0.05) is 24.5 Å². The minimum absolute atomic E-state index is 0.862. The van der Waals surface area contributed by atoms with Gasteiger partial charge < -0.3 is 5.32 Å². The van der Waals surface area contributed by atoms with Crippen LogP contribution in [0.25, 0.3) is 0 Å². The van der Waals surface area contributed by atoms with Gasteiger partial charge in [-0.1, -0.05) is 0 Å². The van der Waals surface area contributed by atoms with Gasteiger partial charge in [0.25, 0.3) is 0 Å². The van der Waals surface area contributed by atoms with Crippen LogP contribution >= 0.6 is 11.3 Å². The van der Waals surface area contributed by atoms with Crippen LogP contribution in [0.2, 0.25) is 0 Å². The molecule has 1 N–H and O–H groups in total. The predicted octanol–water partition coefficient (Wildman–Crippen LogP) is 1.59. The van der Waals surface area contributed by atoms with E-state index in [2.05, 4.69) is 20.3 Å². The average Bonchev–Trinajstić information content (AvgIpc) is 2.72. The molecule has 0 aromatic carbocycles. The first-order valence-corrected chi connectivity index (χ1v) is 5.20. The summed E-state index contributed by atoms with van der Waals surface area (Å²) in [6.07, 6.45) is 7.80. The zero-order valence-electron chi connectivity index (χ0n) is 7.55. The van der Waals surface area contributed by atoms with Crippen molar-refractivity contribution in [1.29, 1.82) is 0 Å². The van der Waals surface area contributed by atoms with E-state index in [9.17, 15) is 0 Å². The Morgan fingerprint density at radius 1 is 1.29 bits per heavy atom. The number of aromatic nitrogens is 3. The summed E-state index contributed by atoms with van der Waals surface area (Å²) in [5.74, 6) is 0. The molecule has 0 aliphatic heterocycles. The van der Waals surface area contributed by atoms with E-state index >= 15 is 0 Å². The highest BCUT2D eigenvalue weighted by molar-refractivity contribution is 7.09. The third-order valence-corrected chi connectivity index (χ3v) is 2.55. The third kappa shape index (κ3) is 2.50. The van der Waals surface area contributed by atoms with E-state index in [-0.39, 0.29) is 0 Å². The Kier molecular flexibility index (Phi) is 3.03. The van der Waals surface area contributed by atoms with Crippen LogP contribution in [0.5, 0.6) is 0 Å². The highest BCUT2D eigenvalue weighted by Crippen LogP contribution is 2.05. The van der Waals surface area contributed by atoms with E-state index in [1.54, 1.807) is 23.7 Å². The van der Waals surface area contributed by atoms with Crippen molar-refractivity contribution >= 4 is 17.0 Å². The molecule has 0 amide bonds. The predicted molar refractivity (Wildman–Crippen MR) is 56.3 cm³/mol. The van der Waals surface area contributed by atoms with E-state index in [0.717, 1.165) is 23.7 Å². The van der Waals surface area contributed by atoms with E-state index in [1.807, 2.05) is 11.6 Å². The largest absolute Gasteiger partial charge is 0.382 e. The lowest BCUT2D eigenvalue weighted by Gasteiger charge is -2.02. The normalized spacial score (nSPS) is 10.0. The van der Waals surface area contributed by atoms with Crippen LogP contribution in [0.3, 0.4) is 0 Å². The summed E-state index contributed by atoms with van der Waals surface area (Å²) in [6.45, 7) is 0.862. The smallest absolute Gasteiger partial charge is 0.115 e. The van der Waals surface area contributed by atoms with Crippen LogP contribution in [-0.4, -0.2) is 21.5 Å². The van der Waals surface area contributed by atoms with Gasteiger partial charge in [-0.15, -0.1) is 11.3 Å². The summed E-state index contributed by atoms with van der Waals surface area (Å²) in [7, 11) is 0. The molecule has 0 aliphatic carbocycles. The second kappa shape index (κ2) is 4.66. The Balaban J connectivity index is 1.79. The molecule has 14 heavy (non-hydrogen) atoms. The van der Waals surface area contributed by atoms with Gasteiger partial charge in [-0.05, 0) is 0 Å². The Labute approximate surface area is 86.1 Å². The number of anilines is 1. The standard InChI is InChI=1S/C9H10N4S/c1(9-13-3-4-14-9)2-12-8-5-10-7-11-6-8/h3-7,12H,1-2H2. The lowest BCUT2D eigenvalue weighted by molar-refractivity contribution is 0.991. The quantitative estimate of drug-likeness (QED) is 0.825. The summed E-state index contributed by atoms with van der Waals surface area (Å²) in [6, 6.07) is 0. The van der Waals surface area contributed by atoms with Crippen molar-refractivity contribution in [2.75, 3.05) is 11.9 Å². The van der Waals surface area contributed by atoms with Gasteiger partial charge in [0.15, 0.2) is 0 Å². The summed E-state index contributed by atoms with van der Waals surface area (Å²) < 4.78 is 0. The summed E-state index contributed by atoms with van der Waals surface area (Å²) in [5, 5.41) is 6.36. The lowest BCUT2D eigenvalue weighted by atomic mass is 10.4. The number of hydrogen-bond donors (Lipinski definition) is 1. The van der Waals surface area contributed by atoms with Crippen molar-refractivity contribution in [3.63, 3.8) is 0 Å².